The number of carbonyl (C=O) groups excluding carboxylic acids is 1. The van der Waals surface area contributed by atoms with Crippen molar-refractivity contribution in [1.82, 2.24) is 14.3 Å². The molecule has 0 radical (unpaired) electrons. The van der Waals surface area contributed by atoms with Crippen LogP contribution < -0.4 is 14.8 Å². The number of benzene rings is 1. The second-order valence-electron chi connectivity index (χ2n) is 6.76. The average molecular weight is 420 g/mol. The summed E-state index contributed by atoms with van der Waals surface area (Å²) in [6.45, 7) is 3.82. The first-order valence-corrected chi connectivity index (χ1v) is 10.7. The van der Waals surface area contributed by atoms with Gasteiger partial charge in [-0.1, -0.05) is 0 Å². The van der Waals surface area contributed by atoms with E-state index in [0.717, 1.165) is 0 Å². The van der Waals surface area contributed by atoms with Crippen molar-refractivity contribution in [1.29, 1.82) is 0 Å². The fourth-order valence-corrected chi connectivity index (χ4v) is 4.88. The standard InChI is InChI=1S/C19H24N4O5S/c1-13-12-15(21-14(2)24)4-5-17(13)29(25,26)23-10-7-16(8-11-23)28-18-6-9-20-19(22-18)27-3/h4-6,9,12,16H,7-8,10-11H2,1-3H3,(H,21,24). The minimum Gasteiger partial charge on any atom is -0.474 e. The minimum atomic E-state index is -3.63. The molecular weight excluding hydrogens is 396 g/mol. The van der Waals surface area contributed by atoms with Crippen LogP contribution in [-0.2, 0) is 14.8 Å². The number of anilines is 1. The molecule has 1 amide bonds. The van der Waals surface area contributed by atoms with Gasteiger partial charge in [0.1, 0.15) is 6.10 Å². The number of nitrogens with one attached hydrogen (secondary N) is 1. The molecular formula is C19H24N4O5S. The highest BCUT2D eigenvalue weighted by atomic mass is 32.2. The molecule has 2 aromatic rings. The van der Waals surface area contributed by atoms with Gasteiger partial charge >= 0.3 is 6.01 Å². The van der Waals surface area contributed by atoms with E-state index in [9.17, 15) is 13.2 Å². The van der Waals surface area contributed by atoms with E-state index >= 15 is 0 Å². The third-order valence-electron chi connectivity index (χ3n) is 4.59. The minimum absolute atomic E-state index is 0.135. The molecule has 0 atom stereocenters. The Morgan fingerprint density at radius 3 is 2.59 bits per heavy atom. The van der Waals surface area contributed by atoms with Gasteiger partial charge < -0.3 is 14.8 Å². The first-order valence-electron chi connectivity index (χ1n) is 9.21. The van der Waals surface area contributed by atoms with E-state index in [1.165, 1.54) is 24.4 Å². The summed E-state index contributed by atoms with van der Waals surface area (Å²) in [5.74, 6) is 0.200. The van der Waals surface area contributed by atoms with Crippen molar-refractivity contribution < 1.29 is 22.7 Å². The number of hydrogen-bond acceptors (Lipinski definition) is 7. The Morgan fingerprint density at radius 2 is 1.97 bits per heavy atom. The zero-order valence-electron chi connectivity index (χ0n) is 16.6. The summed E-state index contributed by atoms with van der Waals surface area (Å²) in [4.78, 5) is 19.5. The molecule has 3 rings (SSSR count). The van der Waals surface area contributed by atoms with Gasteiger partial charge in [-0.05, 0) is 43.5 Å². The van der Waals surface area contributed by atoms with Crippen LogP contribution in [0.15, 0.2) is 35.4 Å². The third kappa shape index (κ3) is 5.01. The number of piperidine rings is 1. The molecule has 29 heavy (non-hydrogen) atoms. The van der Waals surface area contributed by atoms with E-state index in [1.54, 1.807) is 31.3 Å². The lowest BCUT2D eigenvalue weighted by atomic mass is 10.1. The molecule has 1 saturated heterocycles. The van der Waals surface area contributed by atoms with Gasteiger partial charge in [0.2, 0.25) is 21.8 Å². The van der Waals surface area contributed by atoms with E-state index in [2.05, 4.69) is 15.3 Å². The third-order valence-corrected chi connectivity index (χ3v) is 6.65. The lowest BCUT2D eigenvalue weighted by molar-refractivity contribution is -0.114. The summed E-state index contributed by atoms with van der Waals surface area (Å²) in [5, 5.41) is 2.66. The number of methoxy groups -OCH3 is 1. The number of carbonyl (C=O) groups is 1. The Labute approximate surface area is 170 Å². The lowest BCUT2D eigenvalue weighted by Crippen LogP contribution is -2.42. The smallest absolute Gasteiger partial charge is 0.319 e. The van der Waals surface area contributed by atoms with Gasteiger partial charge in [-0.3, -0.25) is 4.79 Å². The van der Waals surface area contributed by atoms with Crippen LogP contribution in [0.5, 0.6) is 11.9 Å². The zero-order valence-corrected chi connectivity index (χ0v) is 17.4. The number of aromatic nitrogens is 2. The van der Waals surface area contributed by atoms with Crippen LogP contribution >= 0.6 is 0 Å². The van der Waals surface area contributed by atoms with E-state index in [1.807, 2.05) is 0 Å². The monoisotopic (exact) mass is 420 g/mol. The van der Waals surface area contributed by atoms with Crippen LogP contribution in [0.25, 0.3) is 0 Å². The Kier molecular flexibility index (Phi) is 6.33. The highest BCUT2D eigenvalue weighted by molar-refractivity contribution is 7.89. The molecule has 1 aromatic heterocycles. The van der Waals surface area contributed by atoms with Crippen molar-refractivity contribution in [2.24, 2.45) is 0 Å². The molecule has 0 spiro atoms. The maximum Gasteiger partial charge on any atom is 0.319 e. The summed E-state index contributed by atoms with van der Waals surface area (Å²) >= 11 is 0. The molecule has 9 nitrogen and oxygen atoms in total. The van der Waals surface area contributed by atoms with Crippen LogP contribution in [0.2, 0.25) is 0 Å². The van der Waals surface area contributed by atoms with Crippen molar-refractivity contribution >= 4 is 21.6 Å². The van der Waals surface area contributed by atoms with Crippen LogP contribution in [-0.4, -0.2) is 54.9 Å². The molecule has 156 valence electrons. The maximum absolute atomic E-state index is 13.1. The van der Waals surface area contributed by atoms with Crippen molar-refractivity contribution in [2.75, 3.05) is 25.5 Å². The van der Waals surface area contributed by atoms with Gasteiger partial charge in [0.15, 0.2) is 0 Å². The molecule has 1 fully saturated rings. The second kappa shape index (κ2) is 8.75. The molecule has 1 aromatic carbocycles. The molecule has 10 heteroatoms. The number of nitrogens with zero attached hydrogens (tertiary/aromatic N) is 3. The summed E-state index contributed by atoms with van der Waals surface area (Å²) < 4.78 is 38.4. The topological polar surface area (TPSA) is 111 Å². The van der Waals surface area contributed by atoms with Crippen molar-refractivity contribution in [2.45, 2.75) is 37.7 Å². The van der Waals surface area contributed by atoms with Gasteiger partial charge in [0.05, 0.1) is 12.0 Å². The fraction of sp³-hybridized carbons (Fsp3) is 0.421. The average Bonchev–Trinajstić information content (AvgIpc) is 2.68. The number of rotatable bonds is 6. The summed E-state index contributed by atoms with van der Waals surface area (Å²) in [7, 11) is -2.15. The van der Waals surface area contributed by atoms with Crippen molar-refractivity contribution in [3.8, 4) is 11.9 Å². The predicted octanol–water partition coefficient (Wildman–Crippen LogP) is 1.98. The number of ether oxygens (including phenoxy) is 2. The first kappa shape index (κ1) is 21.0. The fourth-order valence-electron chi connectivity index (χ4n) is 3.21. The number of sulfonamides is 1. The summed E-state index contributed by atoms with van der Waals surface area (Å²) in [6, 6.07) is 6.66. The highest BCUT2D eigenvalue weighted by Crippen LogP contribution is 2.27. The summed E-state index contributed by atoms with van der Waals surface area (Å²) in [5.41, 5.74) is 1.16. The molecule has 0 bridgehead atoms. The maximum atomic E-state index is 13.1. The van der Waals surface area contributed by atoms with Crippen molar-refractivity contribution in [3.05, 3.63) is 36.0 Å². The van der Waals surface area contributed by atoms with Crippen molar-refractivity contribution in [3.63, 3.8) is 0 Å². The Hall–Kier alpha value is -2.72. The van der Waals surface area contributed by atoms with E-state index in [0.29, 0.717) is 43.1 Å². The highest BCUT2D eigenvalue weighted by Gasteiger charge is 2.31. The Balaban J connectivity index is 1.65. The number of amides is 1. The van der Waals surface area contributed by atoms with E-state index in [-0.39, 0.29) is 22.9 Å². The lowest BCUT2D eigenvalue weighted by Gasteiger charge is -2.31. The normalized spacial score (nSPS) is 15.7. The zero-order chi connectivity index (χ0) is 21.0. The predicted molar refractivity (Wildman–Crippen MR) is 106 cm³/mol. The quantitative estimate of drug-likeness (QED) is 0.761. The van der Waals surface area contributed by atoms with Gasteiger partial charge in [-0.15, -0.1) is 0 Å². The van der Waals surface area contributed by atoms with Gasteiger partial charge in [-0.25, -0.2) is 13.4 Å². The largest absolute Gasteiger partial charge is 0.474 e. The van der Waals surface area contributed by atoms with Crippen LogP contribution in [0.4, 0.5) is 5.69 Å². The number of hydrogen-bond donors (Lipinski definition) is 1. The molecule has 1 aliphatic rings. The number of aryl methyl sites for hydroxylation is 1. The molecule has 1 aliphatic heterocycles. The molecule has 1 N–H and O–H groups in total. The molecule has 0 saturated carbocycles. The summed E-state index contributed by atoms with van der Waals surface area (Å²) in [6.07, 6.45) is 2.52. The molecule has 0 unspecified atom stereocenters. The Morgan fingerprint density at radius 1 is 1.24 bits per heavy atom. The van der Waals surface area contributed by atoms with Crippen LogP contribution in [0.1, 0.15) is 25.3 Å². The van der Waals surface area contributed by atoms with Crippen LogP contribution in [0.3, 0.4) is 0 Å². The molecule has 0 aliphatic carbocycles. The van der Waals surface area contributed by atoms with Gasteiger partial charge in [0.25, 0.3) is 0 Å². The first-order chi connectivity index (χ1) is 13.8. The van der Waals surface area contributed by atoms with Gasteiger partial charge in [-0.2, -0.15) is 9.29 Å². The van der Waals surface area contributed by atoms with Crippen LogP contribution in [0, 0.1) is 6.92 Å². The van der Waals surface area contributed by atoms with E-state index < -0.39 is 10.0 Å². The Bertz CT molecular complexity index is 988. The SMILES string of the molecule is COc1nccc(OC2CCN(S(=O)(=O)c3ccc(NC(C)=O)cc3C)CC2)n1. The van der Waals surface area contributed by atoms with E-state index in [4.69, 9.17) is 9.47 Å². The second-order valence-corrected chi connectivity index (χ2v) is 8.67. The molecule has 2 heterocycles. The van der Waals surface area contributed by atoms with Gasteiger partial charge in [0, 0.05) is 38.0 Å².